The molecule has 0 radical (unpaired) electrons. The van der Waals surface area contributed by atoms with Gasteiger partial charge in [0.1, 0.15) is 6.04 Å². The van der Waals surface area contributed by atoms with E-state index in [9.17, 15) is 14.2 Å². The van der Waals surface area contributed by atoms with E-state index >= 15 is 0 Å². The molecule has 0 aliphatic carbocycles. The lowest BCUT2D eigenvalue weighted by Gasteiger charge is -2.13. The van der Waals surface area contributed by atoms with E-state index in [2.05, 4.69) is 17.9 Å². The summed E-state index contributed by atoms with van der Waals surface area (Å²) in [6, 6.07) is -1.07. The van der Waals surface area contributed by atoms with Gasteiger partial charge < -0.3 is 20.2 Å². The average Bonchev–Trinajstić information content (AvgIpc) is 2.13. The molecule has 0 saturated carbocycles. The van der Waals surface area contributed by atoms with Gasteiger partial charge in [-0.3, -0.25) is 9.36 Å². The fraction of sp³-hybridized carbons (Fsp3) is 0.714. The molecular formula is C7H14NO6PS. The summed E-state index contributed by atoms with van der Waals surface area (Å²) in [6.45, 7) is 0. The van der Waals surface area contributed by atoms with Gasteiger partial charge in [-0.1, -0.05) is 0 Å². The molecule has 0 bridgehead atoms. The molecule has 0 aromatic carbocycles. The van der Waals surface area contributed by atoms with Crippen LogP contribution in [0, 0.1) is 0 Å². The third-order valence-electron chi connectivity index (χ3n) is 1.68. The van der Waals surface area contributed by atoms with Crippen molar-refractivity contribution in [3.8, 4) is 0 Å². The fourth-order valence-electron chi connectivity index (χ4n) is 0.900. The Morgan fingerprint density at radius 3 is 2.31 bits per heavy atom. The maximum atomic E-state index is 11.1. The Morgan fingerprint density at radius 2 is 1.94 bits per heavy atom. The molecule has 16 heavy (non-hydrogen) atoms. The summed E-state index contributed by atoms with van der Waals surface area (Å²) in [5.41, 5.74) is 0. The highest BCUT2D eigenvalue weighted by molar-refractivity contribution is 7.80. The van der Waals surface area contributed by atoms with E-state index in [4.69, 9.17) is 14.9 Å². The zero-order chi connectivity index (χ0) is 12.8. The highest BCUT2D eigenvalue weighted by atomic mass is 32.1. The minimum Gasteiger partial charge on any atom is -0.480 e. The van der Waals surface area contributed by atoms with Crippen LogP contribution in [-0.2, 0) is 14.2 Å². The summed E-state index contributed by atoms with van der Waals surface area (Å²) in [5.74, 6) is -1.61. The number of thiol groups is 1. The molecule has 0 heterocycles. The van der Waals surface area contributed by atoms with Gasteiger partial charge in [0.2, 0.25) is 5.91 Å². The second-order valence-corrected chi connectivity index (χ2v) is 5.33. The summed E-state index contributed by atoms with van der Waals surface area (Å²) in [6.07, 6.45) is -0.841. The van der Waals surface area contributed by atoms with Gasteiger partial charge in [-0.2, -0.15) is 12.6 Å². The number of hydrogen-bond acceptors (Lipinski definition) is 4. The number of rotatable bonds is 7. The van der Waals surface area contributed by atoms with Crippen LogP contribution in [0.1, 0.15) is 12.8 Å². The Balaban J connectivity index is 4.10. The minimum atomic E-state index is -4.23. The van der Waals surface area contributed by atoms with Crippen LogP contribution in [0.5, 0.6) is 0 Å². The predicted octanol–water partition coefficient (Wildman–Crippen LogP) is -0.557. The predicted molar refractivity (Wildman–Crippen MR) is 59.6 cm³/mol. The first-order valence-electron chi connectivity index (χ1n) is 4.44. The number of carbonyl (C=O) groups is 2. The lowest BCUT2D eigenvalue weighted by molar-refractivity contribution is -0.141. The molecular weight excluding hydrogens is 257 g/mol. The summed E-state index contributed by atoms with van der Waals surface area (Å²) in [5, 5.41) is 10.8. The molecule has 0 aliphatic rings. The first kappa shape index (κ1) is 15.4. The van der Waals surface area contributed by atoms with E-state index in [1.165, 1.54) is 0 Å². The van der Waals surface area contributed by atoms with Gasteiger partial charge in [-0.05, 0) is 12.2 Å². The Kier molecular flexibility index (Phi) is 6.66. The second-order valence-electron chi connectivity index (χ2n) is 3.11. The van der Waals surface area contributed by atoms with Crippen LogP contribution < -0.4 is 5.32 Å². The van der Waals surface area contributed by atoms with Gasteiger partial charge in [0.05, 0.1) is 6.16 Å². The normalized spacial score (nSPS) is 13.2. The van der Waals surface area contributed by atoms with Gasteiger partial charge in [0, 0.05) is 6.42 Å². The molecule has 0 saturated heterocycles. The molecule has 1 unspecified atom stereocenters. The van der Waals surface area contributed by atoms with E-state index in [0.717, 1.165) is 0 Å². The number of aliphatic carboxylic acids is 1. The molecule has 1 amide bonds. The van der Waals surface area contributed by atoms with Crippen molar-refractivity contribution in [1.29, 1.82) is 0 Å². The van der Waals surface area contributed by atoms with E-state index in [0.29, 0.717) is 0 Å². The van der Waals surface area contributed by atoms with Crippen molar-refractivity contribution in [1.82, 2.24) is 5.32 Å². The molecule has 0 fully saturated rings. The fourth-order valence-corrected chi connectivity index (χ4v) is 1.65. The molecule has 0 aromatic rings. The highest BCUT2D eigenvalue weighted by Crippen LogP contribution is 2.34. The molecule has 0 aliphatic heterocycles. The SMILES string of the molecule is O=C(CCP(=O)(O)O)NC(CCS)C(=O)O. The van der Waals surface area contributed by atoms with Crippen LogP contribution in [0.2, 0.25) is 0 Å². The molecule has 0 aromatic heterocycles. The molecule has 4 N–H and O–H groups in total. The monoisotopic (exact) mass is 271 g/mol. The maximum absolute atomic E-state index is 11.1. The number of nitrogens with one attached hydrogen (secondary N) is 1. The van der Waals surface area contributed by atoms with E-state index in [1.807, 2.05) is 0 Å². The summed E-state index contributed by atoms with van der Waals surface area (Å²) in [4.78, 5) is 38.8. The smallest absolute Gasteiger partial charge is 0.326 e. The van der Waals surface area contributed by atoms with Crippen LogP contribution in [0.4, 0.5) is 0 Å². The van der Waals surface area contributed by atoms with Gasteiger partial charge in [-0.15, -0.1) is 0 Å². The first-order valence-corrected chi connectivity index (χ1v) is 6.87. The lowest BCUT2D eigenvalue weighted by atomic mass is 10.2. The van der Waals surface area contributed by atoms with Crippen molar-refractivity contribution in [2.24, 2.45) is 0 Å². The van der Waals surface area contributed by atoms with Crippen LogP contribution in [0.3, 0.4) is 0 Å². The van der Waals surface area contributed by atoms with Gasteiger partial charge in [0.25, 0.3) is 0 Å². The van der Waals surface area contributed by atoms with Crippen molar-refractivity contribution in [2.75, 3.05) is 11.9 Å². The van der Waals surface area contributed by atoms with Crippen LogP contribution in [-0.4, -0.2) is 44.7 Å². The topological polar surface area (TPSA) is 124 Å². The van der Waals surface area contributed by atoms with Crippen molar-refractivity contribution in [2.45, 2.75) is 18.9 Å². The van der Waals surface area contributed by atoms with Gasteiger partial charge >= 0.3 is 13.6 Å². The summed E-state index contributed by atoms with van der Waals surface area (Å²) in [7, 11) is -4.23. The van der Waals surface area contributed by atoms with Crippen LogP contribution in [0.15, 0.2) is 0 Å². The Morgan fingerprint density at radius 1 is 1.38 bits per heavy atom. The average molecular weight is 271 g/mol. The summed E-state index contributed by atoms with van der Waals surface area (Å²) >= 11 is 3.84. The van der Waals surface area contributed by atoms with Gasteiger partial charge in [-0.25, -0.2) is 4.79 Å². The molecule has 94 valence electrons. The Bertz CT molecular complexity index is 303. The molecule has 0 spiro atoms. The number of carboxylic acid groups (broad SMARTS) is 1. The minimum absolute atomic E-state index is 0.153. The van der Waals surface area contributed by atoms with E-state index < -0.39 is 38.1 Å². The lowest BCUT2D eigenvalue weighted by Crippen LogP contribution is -2.41. The Hall–Kier alpha value is -0.560. The zero-order valence-corrected chi connectivity index (χ0v) is 10.2. The molecule has 7 nitrogen and oxygen atoms in total. The molecule has 0 rings (SSSR count). The van der Waals surface area contributed by atoms with E-state index in [1.54, 1.807) is 0 Å². The quantitative estimate of drug-likeness (QED) is 0.312. The van der Waals surface area contributed by atoms with Crippen molar-refractivity contribution in [3.63, 3.8) is 0 Å². The van der Waals surface area contributed by atoms with Gasteiger partial charge in [0.15, 0.2) is 0 Å². The summed E-state index contributed by atoms with van der Waals surface area (Å²) < 4.78 is 10.5. The number of carbonyl (C=O) groups excluding carboxylic acids is 1. The maximum Gasteiger partial charge on any atom is 0.326 e. The standard InChI is InChI=1S/C7H14NO6PS/c9-6(1-3-15(12,13)14)8-5(2-4-16)7(10)11/h5,16H,1-4H2,(H,8,9)(H,10,11)(H2,12,13,14). The largest absolute Gasteiger partial charge is 0.480 e. The molecule has 9 heteroatoms. The van der Waals surface area contributed by atoms with Crippen molar-refractivity contribution >= 4 is 32.1 Å². The van der Waals surface area contributed by atoms with Crippen molar-refractivity contribution < 1.29 is 29.0 Å². The number of amides is 1. The van der Waals surface area contributed by atoms with E-state index in [-0.39, 0.29) is 12.2 Å². The second kappa shape index (κ2) is 6.90. The molecule has 1 atom stereocenters. The third kappa shape index (κ3) is 7.70. The first-order chi connectivity index (χ1) is 7.26. The zero-order valence-electron chi connectivity index (χ0n) is 8.37. The number of carboxylic acids is 1. The Labute approximate surface area is 97.8 Å². The number of hydrogen-bond donors (Lipinski definition) is 5. The third-order valence-corrected chi connectivity index (χ3v) is 2.75. The highest BCUT2D eigenvalue weighted by Gasteiger charge is 2.21. The van der Waals surface area contributed by atoms with Crippen LogP contribution >= 0.6 is 20.2 Å². The van der Waals surface area contributed by atoms with Crippen molar-refractivity contribution in [3.05, 3.63) is 0 Å². The van der Waals surface area contributed by atoms with Crippen LogP contribution in [0.25, 0.3) is 0 Å².